The smallest absolute Gasteiger partial charge is 0.193 e. The number of allylic oxidation sites excluding steroid dienone is 1. The van der Waals surface area contributed by atoms with Crippen molar-refractivity contribution in [2.24, 2.45) is 5.92 Å². The Morgan fingerprint density at radius 1 is 0.943 bits per heavy atom. The minimum Gasteiger partial charge on any atom is -0.300 e. The molecule has 0 aromatic heterocycles. The lowest BCUT2D eigenvalue weighted by molar-refractivity contribution is 0.0898. The van der Waals surface area contributed by atoms with E-state index in [1.165, 1.54) is 54.5 Å². The standard InChI is InChI=1S/C32H32FNO/c1-22-21-34(19-18-32(22)17-16-24-4-2-3-5-30(24)32)29-15-12-27(20-29)23-6-8-25(9-7-23)31(35)26-10-13-28(33)14-11-26/h2-11,13-14,16-17,22,27,29H,12,15,18-21H2,1H3. The van der Waals surface area contributed by atoms with Gasteiger partial charge in [0, 0.05) is 29.1 Å². The van der Waals surface area contributed by atoms with Gasteiger partial charge in [0.05, 0.1) is 0 Å². The second kappa shape index (κ2) is 8.87. The second-order valence-electron chi connectivity index (χ2n) is 10.7. The zero-order chi connectivity index (χ0) is 24.0. The molecule has 2 nitrogen and oxygen atoms in total. The summed E-state index contributed by atoms with van der Waals surface area (Å²) < 4.78 is 13.2. The summed E-state index contributed by atoms with van der Waals surface area (Å²) >= 11 is 0. The first-order chi connectivity index (χ1) is 17.0. The van der Waals surface area contributed by atoms with Crippen LogP contribution < -0.4 is 0 Å². The van der Waals surface area contributed by atoms with E-state index in [1.807, 2.05) is 12.1 Å². The number of ketones is 1. The van der Waals surface area contributed by atoms with Crippen LogP contribution in [0, 0.1) is 11.7 Å². The Balaban J connectivity index is 1.10. The molecule has 1 spiro atoms. The van der Waals surface area contributed by atoms with E-state index in [2.05, 4.69) is 60.4 Å². The van der Waals surface area contributed by atoms with Crippen molar-refractivity contribution >= 4 is 11.9 Å². The van der Waals surface area contributed by atoms with E-state index < -0.39 is 0 Å². The van der Waals surface area contributed by atoms with Gasteiger partial charge in [-0.2, -0.15) is 0 Å². The highest BCUT2D eigenvalue weighted by molar-refractivity contribution is 6.08. The maximum absolute atomic E-state index is 13.2. The third-order valence-electron chi connectivity index (χ3n) is 8.90. The van der Waals surface area contributed by atoms with Gasteiger partial charge >= 0.3 is 0 Å². The van der Waals surface area contributed by atoms with Crippen LogP contribution in [-0.4, -0.2) is 29.8 Å². The first-order valence-electron chi connectivity index (χ1n) is 13.0. The minimum atomic E-state index is -0.324. The summed E-state index contributed by atoms with van der Waals surface area (Å²) in [6.07, 6.45) is 9.64. The number of hydrogen-bond donors (Lipinski definition) is 0. The SMILES string of the molecule is CC1CN(C2CCC(c3ccc(C(=O)c4ccc(F)cc4)cc3)C2)CCC12C=Cc1ccccc12. The van der Waals surface area contributed by atoms with E-state index in [9.17, 15) is 9.18 Å². The number of benzene rings is 3. The molecule has 3 aromatic rings. The summed E-state index contributed by atoms with van der Waals surface area (Å²) in [5.74, 6) is 0.773. The molecule has 2 aliphatic carbocycles. The summed E-state index contributed by atoms with van der Waals surface area (Å²) in [4.78, 5) is 15.5. The highest BCUT2D eigenvalue weighted by Crippen LogP contribution is 2.48. The van der Waals surface area contributed by atoms with Crippen molar-refractivity contribution in [1.82, 2.24) is 4.90 Å². The molecule has 1 saturated carbocycles. The van der Waals surface area contributed by atoms with Gasteiger partial charge in [0.2, 0.25) is 0 Å². The topological polar surface area (TPSA) is 20.3 Å². The van der Waals surface area contributed by atoms with Gasteiger partial charge < -0.3 is 4.90 Å². The molecule has 3 heteroatoms. The van der Waals surface area contributed by atoms with Crippen molar-refractivity contribution in [3.05, 3.63) is 113 Å². The van der Waals surface area contributed by atoms with E-state index in [0.717, 1.165) is 13.1 Å². The van der Waals surface area contributed by atoms with Crippen LogP contribution in [0.5, 0.6) is 0 Å². The highest BCUT2D eigenvalue weighted by atomic mass is 19.1. The molecule has 4 atom stereocenters. The van der Waals surface area contributed by atoms with Crippen LogP contribution in [0.15, 0.2) is 78.9 Å². The maximum Gasteiger partial charge on any atom is 0.193 e. The molecule has 178 valence electrons. The van der Waals surface area contributed by atoms with E-state index >= 15 is 0 Å². The highest BCUT2D eigenvalue weighted by Gasteiger charge is 2.45. The number of rotatable bonds is 4. The molecule has 0 N–H and O–H groups in total. The zero-order valence-corrected chi connectivity index (χ0v) is 20.3. The Morgan fingerprint density at radius 2 is 1.66 bits per heavy atom. The molecule has 3 aromatic carbocycles. The van der Waals surface area contributed by atoms with Crippen LogP contribution in [0.1, 0.15) is 71.1 Å². The third-order valence-corrected chi connectivity index (χ3v) is 8.90. The summed E-state index contributed by atoms with van der Waals surface area (Å²) in [5, 5.41) is 0. The van der Waals surface area contributed by atoms with Crippen molar-refractivity contribution in [2.45, 2.75) is 50.0 Å². The molecular weight excluding hydrogens is 433 g/mol. The van der Waals surface area contributed by atoms with Gasteiger partial charge in [-0.1, -0.05) is 67.6 Å². The lowest BCUT2D eigenvalue weighted by atomic mass is 9.68. The Labute approximate surface area is 207 Å². The maximum atomic E-state index is 13.2. The van der Waals surface area contributed by atoms with Gasteiger partial charge in [-0.15, -0.1) is 0 Å². The molecule has 1 saturated heterocycles. The fourth-order valence-electron chi connectivity index (χ4n) is 6.82. The Kier molecular flexibility index (Phi) is 5.69. The first-order valence-corrected chi connectivity index (χ1v) is 13.0. The molecule has 3 aliphatic rings. The van der Waals surface area contributed by atoms with Crippen molar-refractivity contribution in [3.63, 3.8) is 0 Å². The van der Waals surface area contributed by atoms with Crippen molar-refractivity contribution in [1.29, 1.82) is 0 Å². The van der Waals surface area contributed by atoms with Gasteiger partial charge in [0.15, 0.2) is 5.78 Å². The van der Waals surface area contributed by atoms with Crippen LogP contribution in [0.25, 0.3) is 6.08 Å². The Morgan fingerprint density at radius 3 is 2.40 bits per heavy atom. The number of likely N-dealkylation sites (tertiary alicyclic amines) is 1. The van der Waals surface area contributed by atoms with Crippen LogP contribution in [0.4, 0.5) is 4.39 Å². The number of piperidine rings is 1. The molecule has 0 amide bonds. The summed E-state index contributed by atoms with van der Waals surface area (Å²) in [5.41, 5.74) is 5.64. The fraction of sp³-hybridized carbons (Fsp3) is 0.344. The van der Waals surface area contributed by atoms with Gasteiger partial charge in [0.1, 0.15) is 5.82 Å². The minimum absolute atomic E-state index is 0.0559. The molecular formula is C32H32FNO. The average Bonchev–Trinajstić information content (AvgIpc) is 3.53. The van der Waals surface area contributed by atoms with Crippen LogP contribution in [0.2, 0.25) is 0 Å². The first kappa shape index (κ1) is 22.4. The summed E-state index contributed by atoms with van der Waals surface area (Å²) in [6.45, 7) is 4.74. The predicted octanol–water partition coefficient (Wildman–Crippen LogP) is 7.00. The van der Waals surface area contributed by atoms with Crippen LogP contribution >= 0.6 is 0 Å². The average molecular weight is 466 g/mol. The van der Waals surface area contributed by atoms with Crippen LogP contribution in [0.3, 0.4) is 0 Å². The van der Waals surface area contributed by atoms with E-state index in [0.29, 0.717) is 29.0 Å². The summed E-state index contributed by atoms with van der Waals surface area (Å²) in [6, 6.07) is 23.5. The molecule has 0 bridgehead atoms. The monoisotopic (exact) mass is 465 g/mol. The number of nitrogens with zero attached hydrogens (tertiary/aromatic N) is 1. The number of fused-ring (bicyclic) bond motifs is 2. The Bertz CT molecular complexity index is 1260. The molecule has 1 heterocycles. The van der Waals surface area contributed by atoms with E-state index in [-0.39, 0.29) is 17.0 Å². The third kappa shape index (κ3) is 3.96. The van der Waals surface area contributed by atoms with Crippen LogP contribution in [-0.2, 0) is 5.41 Å². The van der Waals surface area contributed by atoms with Crippen molar-refractivity contribution in [3.8, 4) is 0 Å². The largest absolute Gasteiger partial charge is 0.300 e. The van der Waals surface area contributed by atoms with Crippen molar-refractivity contribution < 1.29 is 9.18 Å². The molecule has 0 radical (unpaired) electrons. The molecule has 6 rings (SSSR count). The fourth-order valence-corrected chi connectivity index (χ4v) is 6.82. The normalized spacial score (nSPS) is 27.9. The molecule has 1 aliphatic heterocycles. The Hall–Kier alpha value is -3.04. The molecule has 35 heavy (non-hydrogen) atoms. The van der Waals surface area contributed by atoms with Gasteiger partial charge in [-0.05, 0) is 85.0 Å². The number of halogens is 1. The lowest BCUT2D eigenvalue weighted by Gasteiger charge is -2.46. The van der Waals surface area contributed by atoms with E-state index in [1.54, 1.807) is 12.1 Å². The lowest BCUT2D eigenvalue weighted by Crippen LogP contribution is -2.50. The number of carbonyl (C=O) groups excluding carboxylic acids is 1. The zero-order valence-electron chi connectivity index (χ0n) is 20.3. The van der Waals surface area contributed by atoms with Crippen molar-refractivity contribution in [2.75, 3.05) is 13.1 Å². The quantitative estimate of drug-likeness (QED) is 0.387. The second-order valence-corrected chi connectivity index (χ2v) is 10.7. The van der Waals surface area contributed by atoms with E-state index in [4.69, 9.17) is 0 Å². The molecule has 4 unspecified atom stereocenters. The number of carbonyl (C=O) groups is 1. The van der Waals surface area contributed by atoms with Gasteiger partial charge in [0.25, 0.3) is 0 Å². The number of hydrogen-bond acceptors (Lipinski definition) is 2. The van der Waals surface area contributed by atoms with Gasteiger partial charge in [-0.3, -0.25) is 4.79 Å². The summed E-state index contributed by atoms with van der Waals surface area (Å²) in [7, 11) is 0. The predicted molar refractivity (Wildman–Crippen MR) is 139 cm³/mol. The van der Waals surface area contributed by atoms with Gasteiger partial charge in [-0.25, -0.2) is 4.39 Å². The molecule has 2 fully saturated rings.